The second-order valence-corrected chi connectivity index (χ2v) is 8.46. The van der Waals surface area contributed by atoms with Gasteiger partial charge in [-0.15, -0.1) is 13.2 Å². The average molecular weight is 410 g/mol. The number of allylic oxidation sites excluding steroid dienone is 2. The molecule has 1 aromatic rings. The van der Waals surface area contributed by atoms with Crippen molar-refractivity contribution in [2.75, 3.05) is 0 Å². The van der Waals surface area contributed by atoms with Gasteiger partial charge in [0.2, 0.25) is 0 Å². The van der Waals surface area contributed by atoms with Gasteiger partial charge in [0.15, 0.2) is 0 Å². The summed E-state index contributed by atoms with van der Waals surface area (Å²) in [6.45, 7) is 2.32. The van der Waals surface area contributed by atoms with Gasteiger partial charge in [-0.3, -0.25) is 4.79 Å². The Balaban J connectivity index is 1.41. The number of hydrogen-bond donors (Lipinski definition) is 0. The molecule has 2 saturated carbocycles. The molecule has 0 aromatic heterocycles. The lowest BCUT2D eigenvalue weighted by Crippen LogP contribution is -2.25. The third-order valence-corrected chi connectivity index (χ3v) is 6.10. The highest BCUT2D eigenvalue weighted by Crippen LogP contribution is 2.34. The van der Waals surface area contributed by atoms with Crippen molar-refractivity contribution in [3.8, 4) is 11.5 Å². The Bertz CT molecular complexity index is 680. The lowest BCUT2D eigenvalue weighted by Gasteiger charge is -2.27. The zero-order chi connectivity index (χ0) is 20.9. The Hall–Kier alpha value is -1.98. The van der Waals surface area contributed by atoms with Gasteiger partial charge in [0.05, 0.1) is 5.92 Å². The van der Waals surface area contributed by atoms with E-state index in [2.05, 4.69) is 23.8 Å². The van der Waals surface area contributed by atoms with Crippen LogP contribution in [0.5, 0.6) is 11.5 Å². The first-order chi connectivity index (χ1) is 13.8. The van der Waals surface area contributed by atoms with Gasteiger partial charge in [0.25, 0.3) is 0 Å². The fraction of sp³-hybridized carbons (Fsp3) is 0.609. The SMILES string of the molecule is CC1CCC(/C=C/C2CCC(C(=O)Oc3ccc(OC(F)(F)F)cc3)CC2)CC1. The molecule has 0 bridgehead atoms. The number of carbonyl (C=O) groups excluding carboxylic acids is 1. The van der Waals surface area contributed by atoms with E-state index in [0.29, 0.717) is 11.8 Å². The largest absolute Gasteiger partial charge is 0.573 e. The molecular weight excluding hydrogens is 381 g/mol. The van der Waals surface area contributed by atoms with Crippen LogP contribution in [-0.4, -0.2) is 12.3 Å². The monoisotopic (exact) mass is 410 g/mol. The second kappa shape index (κ2) is 9.68. The molecule has 0 heterocycles. The van der Waals surface area contributed by atoms with Gasteiger partial charge in [-0.2, -0.15) is 0 Å². The molecular formula is C23H29F3O3. The van der Waals surface area contributed by atoms with Crippen LogP contribution in [0.25, 0.3) is 0 Å². The summed E-state index contributed by atoms with van der Waals surface area (Å²) in [6, 6.07) is 4.92. The summed E-state index contributed by atoms with van der Waals surface area (Å²) in [7, 11) is 0. The van der Waals surface area contributed by atoms with Gasteiger partial charge in [-0.1, -0.05) is 31.9 Å². The highest BCUT2D eigenvalue weighted by Gasteiger charge is 2.31. The van der Waals surface area contributed by atoms with Crippen LogP contribution < -0.4 is 9.47 Å². The van der Waals surface area contributed by atoms with E-state index >= 15 is 0 Å². The number of hydrogen-bond acceptors (Lipinski definition) is 3. The fourth-order valence-corrected chi connectivity index (χ4v) is 4.25. The number of rotatable bonds is 5. The molecule has 3 rings (SSSR count). The minimum absolute atomic E-state index is 0.152. The number of alkyl halides is 3. The van der Waals surface area contributed by atoms with Crippen LogP contribution in [0.1, 0.15) is 58.3 Å². The van der Waals surface area contributed by atoms with Gasteiger partial charge >= 0.3 is 12.3 Å². The minimum atomic E-state index is -4.74. The summed E-state index contributed by atoms with van der Waals surface area (Å²) >= 11 is 0. The van der Waals surface area contributed by atoms with E-state index in [-0.39, 0.29) is 23.4 Å². The lowest BCUT2D eigenvalue weighted by atomic mass is 9.79. The van der Waals surface area contributed by atoms with Crippen molar-refractivity contribution in [1.82, 2.24) is 0 Å². The Morgan fingerprint density at radius 2 is 1.34 bits per heavy atom. The molecule has 2 aliphatic carbocycles. The van der Waals surface area contributed by atoms with Crippen LogP contribution in [-0.2, 0) is 4.79 Å². The van der Waals surface area contributed by atoms with Gasteiger partial charge in [0, 0.05) is 0 Å². The molecule has 0 amide bonds. The molecule has 0 N–H and O–H groups in total. The van der Waals surface area contributed by atoms with E-state index in [1.165, 1.54) is 37.8 Å². The van der Waals surface area contributed by atoms with Crippen LogP contribution in [0, 0.1) is 23.7 Å². The second-order valence-electron chi connectivity index (χ2n) is 8.46. The maximum atomic E-state index is 12.4. The normalized spacial score (nSPS) is 28.3. The van der Waals surface area contributed by atoms with E-state index < -0.39 is 6.36 Å². The van der Waals surface area contributed by atoms with E-state index in [0.717, 1.165) is 43.7 Å². The third kappa shape index (κ3) is 7.09. The van der Waals surface area contributed by atoms with E-state index in [1.54, 1.807) is 0 Å². The molecule has 0 saturated heterocycles. The fourth-order valence-electron chi connectivity index (χ4n) is 4.25. The van der Waals surface area contributed by atoms with Crippen molar-refractivity contribution < 1.29 is 27.4 Å². The number of carbonyl (C=O) groups is 1. The molecule has 6 heteroatoms. The first kappa shape index (κ1) is 21.7. The average Bonchev–Trinajstić information content (AvgIpc) is 2.68. The smallest absolute Gasteiger partial charge is 0.426 e. The molecule has 0 unspecified atom stereocenters. The molecule has 160 valence electrons. The maximum Gasteiger partial charge on any atom is 0.573 e. The Kier molecular flexibility index (Phi) is 7.25. The zero-order valence-electron chi connectivity index (χ0n) is 16.8. The van der Waals surface area contributed by atoms with E-state index in [4.69, 9.17) is 4.74 Å². The molecule has 3 nitrogen and oxygen atoms in total. The zero-order valence-corrected chi connectivity index (χ0v) is 16.8. The Morgan fingerprint density at radius 3 is 1.86 bits per heavy atom. The van der Waals surface area contributed by atoms with Crippen molar-refractivity contribution in [2.24, 2.45) is 23.7 Å². The molecule has 29 heavy (non-hydrogen) atoms. The van der Waals surface area contributed by atoms with Crippen molar-refractivity contribution in [3.05, 3.63) is 36.4 Å². The molecule has 0 spiro atoms. The van der Waals surface area contributed by atoms with Gasteiger partial charge < -0.3 is 9.47 Å². The molecule has 0 radical (unpaired) electrons. The highest BCUT2D eigenvalue weighted by atomic mass is 19.4. The molecule has 0 atom stereocenters. The van der Waals surface area contributed by atoms with Crippen molar-refractivity contribution in [2.45, 2.75) is 64.7 Å². The predicted octanol–water partition coefficient (Wildman–Crippen LogP) is 6.68. The number of halogens is 3. The van der Waals surface area contributed by atoms with Crippen LogP contribution in [0.15, 0.2) is 36.4 Å². The van der Waals surface area contributed by atoms with Gasteiger partial charge in [-0.25, -0.2) is 0 Å². The molecule has 1 aromatic carbocycles. The van der Waals surface area contributed by atoms with Crippen molar-refractivity contribution in [3.63, 3.8) is 0 Å². The summed E-state index contributed by atoms with van der Waals surface area (Å²) in [4.78, 5) is 12.4. The van der Waals surface area contributed by atoms with E-state index in [9.17, 15) is 18.0 Å². The van der Waals surface area contributed by atoms with Gasteiger partial charge in [-0.05, 0) is 80.5 Å². The highest BCUT2D eigenvalue weighted by molar-refractivity contribution is 5.75. The third-order valence-electron chi connectivity index (χ3n) is 6.10. The predicted molar refractivity (Wildman–Crippen MR) is 104 cm³/mol. The van der Waals surface area contributed by atoms with E-state index in [1.807, 2.05) is 0 Å². The number of ether oxygens (including phenoxy) is 2. The molecule has 2 fully saturated rings. The molecule has 2 aliphatic rings. The summed E-state index contributed by atoms with van der Waals surface area (Å²) in [6.07, 6.45) is 8.71. The summed E-state index contributed by atoms with van der Waals surface area (Å²) < 4.78 is 45.7. The number of esters is 1. The first-order valence-corrected chi connectivity index (χ1v) is 10.5. The Morgan fingerprint density at radius 1 is 0.862 bits per heavy atom. The van der Waals surface area contributed by atoms with Crippen molar-refractivity contribution >= 4 is 5.97 Å². The lowest BCUT2D eigenvalue weighted by molar-refractivity contribution is -0.274. The topological polar surface area (TPSA) is 35.5 Å². The van der Waals surface area contributed by atoms with Gasteiger partial charge in [0.1, 0.15) is 11.5 Å². The number of benzene rings is 1. The van der Waals surface area contributed by atoms with Crippen LogP contribution in [0.2, 0.25) is 0 Å². The van der Waals surface area contributed by atoms with Crippen LogP contribution in [0.4, 0.5) is 13.2 Å². The van der Waals surface area contributed by atoms with Crippen LogP contribution in [0.3, 0.4) is 0 Å². The standard InChI is InChI=1S/C23H29F3O3/c1-16-2-4-17(5-3-16)6-7-18-8-10-19(11-9-18)22(27)28-20-12-14-21(15-13-20)29-23(24,25)26/h6-7,12-19H,2-5,8-11H2,1H3/b7-6+. The minimum Gasteiger partial charge on any atom is -0.426 e. The van der Waals surface area contributed by atoms with Crippen molar-refractivity contribution in [1.29, 1.82) is 0 Å². The Labute approximate surface area is 170 Å². The quantitative estimate of drug-likeness (QED) is 0.309. The summed E-state index contributed by atoms with van der Waals surface area (Å²) in [5.74, 6) is 1.53. The maximum absolute atomic E-state index is 12.4. The summed E-state index contributed by atoms with van der Waals surface area (Å²) in [5, 5.41) is 0. The van der Waals surface area contributed by atoms with Crippen LogP contribution >= 0.6 is 0 Å². The summed E-state index contributed by atoms with van der Waals surface area (Å²) in [5.41, 5.74) is 0. The first-order valence-electron chi connectivity index (χ1n) is 10.5. The molecule has 0 aliphatic heterocycles.